The molecule has 0 bridgehead atoms. The molecule has 0 rings (SSSR count). The maximum atomic E-state index is 11.6. The quantitative estimate of drug-likeness (QED) is 0.416. The van der Waals surface area contributed by atoms with Crippen molar-refractivity contribution in [2.75, 3.05) is 13.2 Å². The van der Waals surface area contributed by atoms with Crippen LogP contribution in [0, 0.1) is 10.8 Å². The van der Waals surface area contributed by atoms with Crippen molar-refractivity contribution in [3.63, 3.8) is 0 Å². The molecule has 21 heavy (non-hydrogen) atoms. The lowest BCUT2D eigenvalue weighted by Gasteiger charge is -2.18. The van der Waals surface area contributed by atoms with Crippen molar-refractivity contribution in [3.05, 3.63) is 0 Å². The second-order valence-electron chi connectivity index (χ2n) is 7.88. The summed E-state index contributed by atoms with van der Waals surface area (Å²) in [6.07, 6.45) is 3.26. The molecule has 0 fully saturated rings. The topological polar surface area (TPSA) is 50.7 Å². The maximum absolute atomic E-state index is 11.6. The zero-order valence-electron chi connectivity index (χ0n) is 15.0. The van der Waals surface area contributed by atoms with Crippen LogP contribution in [-0.4, -0.2) is 24.8 Å². The second-order valence-corrected chi connectivity index (χ2v) is 7.88. The smallest absolute Gasteiger partial charge is 0.219 e. The molecule has 0 aliphatic rings. The van der Waals surface area contributed by atoms with Gasteiger partial charge in [0.2, 0.25) is 5.91 Å². The monoisotopic (exact) mass is 298 g/mol. The summed E-state index contributed by atoms with van der Waals surface area (Å²) in [7, 11) is 0. The molecule has 1 amide bonds. The molecule has 124 valence electrons. The largest absolute Gasteiger partial charge is 0.396 e. The van der Waals surface area contributed by atoms with Gasteiger partial charge in [0, 0.05) is 18.4 Å². The van der Waals surface area contributed by atoms with Crippen molar-refractivity contribution in [2.24, 2.45) is 16.0 Å². The van der Waals surface area contributed by atoms with E-state index in [4.69, 9.17) is 4.84 Å². The molecule has 4 nitrogen and oxygen atoms in total. The number of nitrogens with zero attached hydrogens (tertiary/aromatic N) is 1. The van der Waals surface area contributed by atoms with Gasteiger partial charge in [-0.2, -0.15) is 0 Å². The van der Waals surface area contributed by atoms with E-state index in [1.165, 1.54) is 0 Å². The lowest BCUT2D eigenvalue weighted by Crippen LogP contribution is -2.27. The van der Waals surface area contributed by atoms with Gasteiger partial charge in [-0.25, -0.2) is 0 Å². The summed E-state index contributed by atoms with van der Waals surface area (Å²) >= 11 is 0. The van der Waals surface area contributed by atoms with Crippen LogP contribution in [0.15, 0.2) is 5.16 Å². The molecule has 4 heteroatoms. The summed E-state index contributed by atoms with van der Waals surface area (Å²) in [6.45, 7) is 16.2. The van der Waals surface area contributed by atoms with Gasteiger partial charge in [-0.05, 0) is 31.6 Å². The van der Waals surface area contributed by atoms with Crippen LogP contribution >= 0.6 is 0 Å². The van der Waals surface area contributed by atoms with Gasteiger partial charge in [-0.1, -0.05) is 46.7 Å². The highest BCUT2D eigenvalue weighted by Gasteiger charge is 2.14. The minimum atomic E-state index is 0.0486. The summed E-state index contributed by atoms with van der Waals surface area (Å²) in [5.41, 5.74) is 1.30. The van der Waals surface area contributed by atoms with Crippen molar-refractivity contribution >= 4 is 11.6 Å². The van der Waals surface area contributed by atoms with Crippen LogP contribution in [0.25, 0.3) is 0 Å². The molecule has 0 aliphatic heterocycles. The third-order valence-electron chi connectivity index (χ3n) is 3.37. The number of rotatable bonds is 8. The number of unbranched alkanes of at least 4 members (excludes halogenated alkanes) is 1. The minimum Gasteiger partial charge on any atom is -0.396 e. The molecule has 0 spiro atoms. The fraction of sp³-hybridized carbons (Fsp3) is 0.882. The van der Waals surface area contributed by atoms with E-state index in [1.54, 1.807) is 0 Å². The van der Waals surface area contributed by atoms with Crippen LogP contribution in [0.1, 0.15) is 74.1 Å². The highest BCUT2D eigenvalue weighted by molar-refractivity contribution is 5.86. The lowest BCUT2D eigenvalue weighted by atomic mass is 9.91. The van der Waals surface area contributed by atoms with E-state index in [9.17, 15) is 4.79 Å². The zero-order valence-corrected chi connectivity index (χ0v) is 15.0. The fourth-order valence-electron chi connectivity index (χ4n) is 1.40. The highest BCUT2D eigenvalue weighted by Crippen LogP contribution is 2.17. The first kappa shape index (κ1) is 19.9. The second kappa shape index (κ2) is 9.06. The first-order valence-corrected chi connectivity index (χ1v) is 7.96. The first-order chi connectivity index (χ1) is 9.52. The number of carbonyl (C=O) groups excluding carboxylic acids is 1. The van der Waals surface area contributed by atoms with Gasteiger partial charge in [0.25, 0.3) is 0 Å². The molecular formula is C17H34N2O2. The zero-order chi connectivity index (χ0) is 16.5. The molecule has 0 atom stereocenters. The molecule has 0 saturated carbocycles. The molecule has 0 saturated heterocycles. The third-order valence-corrected chi connectivity index (χ3v) is 3.37. The van der Waals surface area contributed by atoms with Gasteiger partial charge < -0.3 is 10.2 Å². The Bertz CT molecular complexity index is 336. The normalized spacial score (nSPS) is 13.2. The molecule has 0 heterocycles. The Morgan fingerprint density at radius 2 is 1.71 bits per heavy atom. The predicted molar refractivity (Wildman–Crippen MR) is 89.4 cm³/mol. The van der Waals surface area contributed by atoms with Gasteiger partial charge >= 0.3 is 0 Å². The standard InChI is InChI=1S/C17H34N2O2/c1-14(17(5,6)7)19-21-13-9-8-10-15(20)18-12-11-16(2,3)4/h8-13H2,1-7H3,(H,18,20)/b19-14-. The van der Waals surface area contributed by atoms with Gasteiger partial charge in [-0.3, -0.25) is 4.79 Å². The number of carbonyl (C=O) groups is 1. The Balaban J connectivity index is 3.62. The van der Waals surface area contributed by atoms with Gasteiger partial charge in [0.15, 0.2) is 0 Å². The summed E-state index contributed by atoms with van der Waals surface area (Å²) < 4.78 is 0. The van der Waals surface area contributed by atoms with Crippen molar-refractivity contribution in [1.29, 1.82) is 0 Å². The van der Waals surface area contributed by atoms with E-state index in [2.05, 4.69) is 52.0 Å². The van der Waals surface area contributed by atoms with Crippen molar-refractivity contribution in [1.82, 2.24) is 5.32 Å². The summed E-state index contributed by atoms with van der Waals surface area (Å²) in [5.74, 6) is 0.133. The van der Waals surface area contributed by atoms with Crippen molar-refractivity contribution < 1.29 is 9.63 Å². The van der Waals surface area contributed by atoms with E-state index in [1.807, 2.05) is 6.92 Å². The number of oxime groups is 1. The predicted octanol–water partition coefficient (Wildman–Crippen LogP) is 4.15. The number of hydrogen-bond acceptors (Lipinski definition) is 3. The summed E-state index contributed by atoms with van der Waals surface area (Å²) in [6, 6.07) is 0. The maximum Gasteiger partial charge on any atom is 0.219 e. The molecule has 0 aromatic heterocycles. The molecule has 1 N–H and O–H groups in total. The average molecular weight is 298 g/mol. The van der Waals surface area contributed by atoms with E-state index >= 15 is 0 Å². The lowest BCUT2D eigenvalue weighted by molar-refractivity contribution is -0.121. The number of amides is 1. The Morgan fingerprint density at radius 3 is 2.24 bits per heavy atom. The van der Waals surface area contributed by atoms with Crippen molar-refractivity contribution in [3.8, 4) is 0 Å². The number of hydrogen-bond donors (Lipinski definition) is 1. The summed E-state index contributed by atoms with van der Waals surface area (Å²) in [5, 5.41) is 7.07. The molecule has 0 aromatic carbocycles. The minimum absolute atomic E-state index is 0.0486. The van der Waals surface area contributed by atoms with Gasteiger partial charge in [0.05, 0.1) is 5.71 Å². The van der Waals surface area contributed by atoms with Gasteiger partial charge in [0.1, 0.15) is 6.61 Å². The summed E-state index contributed by atoms with van der Waals surface area (Å²) in [4.78, 5) is 16.9. The van der Waals surface area contributed by atoms with Crippen LogP contribution in [0.4, 0.5) is 0 Å². The third kappa shape index (κ3) is 12.4. The van der Waals surface area contributed by atoms with E-state index in [-0.39, 0.29) is 16.7 Å². The van der Waals surface area contributed by atoms with Crippen LogP contribution in [0.3, 0.4) is 0 Å². The highest BCUT2D eigenvalue weighted by atomic mass is 16.6. The van der Waals surface area contributed by atoms with Crippen LogP contribution in [0.2, 0.25) is 0 Å². The Morgan fingerprint density at radius 1 is 1.10 bits per heavy atom. The SMILES string of the molecule is C/C(=N/OCCCCC(=O)NCCC(C)(C)C)C(C)(C)C. The Kier molecular flexibility index (Phi) is 8.60. The molecule has 0 unspecified atom stereocenters. The molecule has 0 aromatic rings. The molecule has 0 aliphatic carbocycles. The Hall–Kier alpha value is -1.06. The Labute approximate surface area is 130 Å². The van der Waals surface area contributed by atoms with E-state index in [0.717, 1.165) is 31.5 Å². The van der Waals surface area contributed by atoms with Crippen LogP contribution in [-0.2, 0) is 9.63 Å². The fourth-order valence-corrected chi connectivity index (χ4v) is 1.40. The van der Waals surface area contributed by atoms with E-state index in [0.29, 0.717) is 13.0 Å². The van der Waals surface area contributed by atoms with E-state index < -0.39 is 0 Å². The van der Waals surface area contributed by atoms with Crippen molar-refractivity contribution in [2.45, 2.75) is 74.1 Å². The van der Waals surface area contributed by atoms with Gasteiger partial charge in [-0.15, -0.1) is 0 Å². The van der Waals surface area contributed by atoms with Crippen LogP contribution < -0.4 is 5.32 Å². The number of nitrogens with one attached hydrogen (secondary N) is 1. The molecule has 0 radical (unpaired) electrons. The molecular weight excluding hydrogens is 264 g/mol. The first-order valence-electron chi connectivity index (χ1n) is 7.96. The average Bonchev–Trinajstić information content (AvgIpc) is 2.30. The van der Waals surface area contributed by atoms with Crippen LogP contribution in [0.5, 0.6) is 0 Å².